The van der Waals surface area contributed by atoms with Crippen molar-refractivity contribution < 1.29 is 28.7 Å². The number of esters is 1. The number of fused-ring (bicyclic) bond motifs is 3. The SMILES string of the molecule is COC(=O)CN1C(=O)[C@@H]([C@H](CC(C)C)NC(=O)[C@H](Cc2ccccc2)NC(=O)OCC2c3ccccc3-c3ccccc32)[C@@H]1c1ccccc1. The normalized spacial score (nSPS) is 17.6. The second-order valence-electron chi connectivity index (χ2n) is 13.4. The van der Waals surface area contributed by atoms with Gasteiger partial charge in [-0.25, -0.2) is 4.79 Å². The Morgan fingerprint density at radius 1 is 0.780 bits per heavy atom. The van der Waals surface area contributed by atoms with Crippen LogP contribution in [0.5, 0.6) is 0 Å². The van der Waals surface area contributed by atoms with Gasteiger partial charge in [-0.15, -0.1) is 0 Å². The molecule has 1 heterocycles. The maximum atomic E-state index is 14.2. The standard InChI is InChI=1S/C41H43N3O6/c1-26(2)22-34(37-38(28-16-8-5-9-17-28)44(40(37)47)24-36(45)49-3)42-39(46)35(23-27-14-6-4-7-15-27)43-41(48)50-25-33-31-20-12-10-18-29(31)30-19-11-13-21-32(30)33/h4-21,26,33-35,37-38H,22-25H2,1-3H3,(H,42,46)(H,43,48)/t34-,35-,37-,38-/m0/s1. The molecule has 2 aliphatic rings. The molecule has 1 aliphatic heterocycles. The summed E-state index contributed by atoms with van der Waals surface area (Å²) in [5.74, 6) is -1.77. The molecule has 0 unspecified atom stereocenters. The Bertz CT molecular complexity index is 1780. The van der Waals surface area contributed by atoms with Crippen LogP contribution in [0.2, 0.25) is 0 Å². The molecule has 2 N–H and O–H groups in total. The third-order valence-electron chi connectivity index (χ3n) is 9.63. The van der Waals surface area contributed by atoms with Gasteiger partial charge >= 0.3 is 12.1 Å². The first-order valence-electron chi connectivity index (χ1n) is 17.1. The largest absolute Gasteiger partial charge is 0.468 e. The van der Waals surface area contributed by atoms with Crippen LogP contribution in [0.15, 0.2) is 109 Å². The smallest absolute Gasteiger partial charge is 0.407 e. The van der Waals surface area contributed by atoms with Gasteiger partial charge in [0, 0.05) is 18.4 Å². The summed E-state index contributed by atoms with van der Waals surface area (Å²) < 4.78 is 10.7. The number of nitrogens with one attached hydrogen (secondary N) is 2. The van der Waals surface area contributed by atoms with E-state index < -0.39 is 42.0 Å². The fraction of sp³-hybridized carbons (Fsp3) is 0.317. The number of hydrogen-bond acceptors (Lipinski definition) is 6. The van der Waals surface area contributed by atoms with Gasteiger partial charge in [-0.2, -0.15) is 0 Å². The van der Waals surface area contributed by atoms with E-state index in [2.05, 4.69) is 34.9 Å². The number of methoxy groups -OCH3 is 1. The van der Waals surface area contributed by atoms with Crippen molar-refractivity contribution in [2.24, 2.45) is 11.8 Å². The second kappa shape index (κ2) is 15.4. The number of hydrogen-bond donors (Lipinski definition) is 2. The van der Waals surface area contributed by atoms with Crippen LogP contribution < -0.4 is 10.6 Å². The van der Waals surface area contributed by atoms with Crippen LogP contribution in [0, 0.1) is 11.8 Å². The van der Waals surface area contributed by atoms with Crippen LogP contribution in [0.4, 0.5) is 4.79 Å². The van der Waals surface area contributed by atoms with Crippen molar-refractivity contribution in [3.8, 4) is 11.1 Å². The number of amides is 3. The molecule has 0 saturated carbocycles. The van der Waals surface area contributed by atoms with Crippen molar-refractivity contribution in [3.05, 3.63) is 131 Å². The zero-order chi connectivity index (χ0) is 35.2. The molecule has 6 rings (SSSR count). The molecule has 258 valence electrons. The second-order valence-corrected chi connectivity index (χ2v) is 13.4. The molecule has 9 heteroatoms. The monoisotopic (exact) mass is 673 g/mol. The molecule has 50 heavy (non-hydrogen) atoms. The fourth-order valence-electron chi connectivity index (χ4n) is 7.31. The highest BCUT2D eigenvalue weighted by Crippen LogP contribution is 2.45. The van der Waals surface area contributed by atoms with Crippen LogP contribution in [-0.4, -0.2) is 61.1 Å². The number of nitrogens with zero attached hydrogens (tertiary/aromatic N) is 1. The summed E-state index contributed by atoms with van der Waals surface area (Å²) in [6.07, 6.45) is 0.0376. The van der Waals surface area contributed by atoms with Crippen LogP contribution in [0.1, 0.15) is 54.5 Å². The van der Waals surface area contributed by atoms with E-state index in [1.165, 1.54) is 12.0 Å². The topological polar surface area (TPSA) is 114 Å². The van der Waals surface area contributed by atoms with Crippen molar-refractivity contribution >= 4 is 23.9 Å². The van der Waals surface area contributed by atoms with Crippen LogP contribution in [-0.2, 0) is 30.3 Å². The number of alkyl carbamates (subject to hydrolysis) is 1. The average molecular weight is 674 g/mol. The lowest BCUT2D eigenvalue weighted by atomic mass is 9.75. The van der Waals surface area contributed by atoms with Gasteiger partial charge in [0.25, 0.3) is 0 Å². The van der Waals surface area contributed by atoms with Gasteiger partial charge in [0.1, 0.15) is 19.2 Å². The first-order valence-corrected chi connectivity index (χ1v) is 17.1. The van der Waals surface area contributed by atoms with E-state index >= 15 is 0 Å². The Balaban J connectivity index is 1.21. The minimum atomic E-state index is -0.973. The molecule has 0 radical (unpaired) electrons. The molecule has 1 saturated heterocycles. The summed E-state index contributed by atoms with van der Waals surface area (Å²) >= 11 is 0. The maximum Gasteiger partial charge on any atom is 0.407 e. The molecule has 4 aromatic carbocycles. The van der Waals surface area contributed by atoms with Crippen molar-refractivity contribution in [1.29, 1.82) is 0 Å². The highest BCUT2D eigenvalue weighted by atomic mass is 16.5. The molecule has 3 amide bonds. The summed E-state index contributed by atoms with van der Waals surface area (Å²) in [4.78, 5) is 55.1. The molecule has 1 aliphatic carbocycles. The van der Waals surface area contributed by atoms with E-state index in [0.717, 1.165) is 33.4 Å². The zero-order valence-electron chi connectivity index (χ0n) is 28.6. The van der Waals surface area contributed by atoms with E-state index in [1.807, 2.05) is 98.8 Å². The summed E-state index contributed by atoms with van der Waals surface area (Å²) in [5, 5.41) is 5.98. The number of carbonyl (C=O) groups is 4. The Morgan fingerprint density at radius 3 is 1.96 bits per heavy atom. The summed E-state index contributed by atoms with van der Waals surface area (Å²) in [7, 11) is 1.29. The molecular formula is C41H43N3O6. The number of carbonyl (C=O) groups excluding carboxylic acids is 4. The average Bonchev–Trinajstić information content (AvgIpc) is 3.45. The van der Waals surface area contributed by atoms with E-state index in [0.29, 0.717) is 6.42 Å². The van der Waals surface area contributed by atoms with Crippen LogP contribution >= 0.6 is 0 Å². The number of benzene rings is 4. The third kappa shape index (κ3) is 7.42. The Hall–Kier alpha value is -5.44. The van der Waals surface area contributed by atoms with Crippen LogP contribution in [0.25, 0.3) is 11.1 Å². The molecule has 4 aromatic rings. The van der Waals surface area contributed by atoms with Gasteiger partial charge < -0.3 is 25.0 Å². The minimum Gasteiger partial charge on any atom is -0.468 e. The van der Waals surface area contributed by atoms with E-state index in [4.69, 9.17) is 9.47 Å². The summed E-state index contributed by atoms with van der Waals surface area (Å²) in [5.41, 5.74) is 6.16. The molecule has 4 atom stereocenters. The lowest BCUT2D eigenvalue weighted by Crippen LogP contribution is -2.64. The van der Waals surface area contributed by atoms with Crippen LogP contribution in [0.3, 0.4) is 0 Å². The fourth-order valence-corrected chi connectivity index (χ4v) is 7.31. The summed E-state index contributed by atoms with van der Waals surface area (Å²) in [6.45, 7) is 3.99. The highest BCUT2D eigenvalue weighted by molar-refractivity contribution is 5.92. The molecule has 0 aromatic heterocycles. The predicted octanol–water partition coefficient (Wildman–Crippen LogP) is 6.04. The van der Waals surface area contributed by atoms with Crippen molar-refractivity contribution in [2.45, 2.75) is 50.7 Å². The van der Waals surface area contributed by atoms with Crippen molar-refractivity contribution in [1.82, 2.24) is 15.5 Å². The van der Waals surface area contributed by atoms with Crippen molar-refractivity contribution in [2.75, 3.05) is 20.3 Å². The summed E-state index contributed by atoms with van der Waals surface area (Å²) in [6, 6.07) is 33.2. The zero-order valence-corrected chi connectivity index (χ0v) is 28.6. The van der Waals surface area contributed by atoms with Gasteiger partial charge in [-0.1, -0.05) is 123 Å². The predicted molar refractivity (Wildman–Crippen MR) is 190 cm³/mol. The Labute approximate surface area is 293 Å². The molecule has 0 spiro atoms. The Morgan fingerprint density at radius 2 is 1.36 bits per heavy atom. The quantitative estimate of drug-likeness (QED) is 0.132. The Kier molecular flexibility index (Phi) is 10.6. The maximum absolute atomic E-state index is 14.2. The van der Waals surface area contributed by atoms with Gasteiger partial charge in [0.05, 0.1) is 19.1 Å². The third-order valence-corrected chi connectivity index (χ3v) is 9.63. The molecular weight excluding hydrogens is 630 g/mol. The number of likely N-dealkylation sites (tertiary alicyclic amines) is 1. The first kappa shape index (κ1) is 34.4. The minimum absolute atomic E-state index is 0.112. The number of ether oxygens (including phenoxy) is 2. The number of β-lactam (4-membered cyclic amide) rings is 1. The van der Waals surface area contributed by atoms with Gasteiger partial charge in [-0.05, 0) is 45.7 Å². The lowest BCUT2D eigenvalue weighted by Gasteiger charge is -2.50. The molecule has 0 bridgehead atoms. The van der Waals surface area contributed by atoms with Gasteiger partial charge in [-0.3, -0.25) is 14.4 Å². The van der Waals surface area contributed by atoms with E-state index in [9.17, 15) is 19.2 Å². The van der Waals surface area contributed by atoms with Crippen molar-refractivity contribution in [3.63, 3.8) is 0 Å². The number of rotatable bonds is 13. The van der Waals surface area contributed by atoms with E-state index in [-0.39, 0.29) is 37.3 Å². The lowest BCUT2D eigenvalue weighted by molar-refractivity contribution is -0.167. The molecule has 9 nitrogen and oxygen atoms in total. The van der Waals surface area contributed by atoms with E-state index in [1.54, 1.807) is 0 Å². The highest BCUT2D eigenvalue weighted by Gasteiger charge is 2.53. The van der Waals surface area contributed by atoms with Gasteiger partial charge in [0.2, 0.25) is 11.8 Å². The van der Waals surface area contributed by atoms with Gasteiger partial charge in [0.15, 0.2) is 0 Å². The first-order chi connectivity index (χ1) is 24.2. The molecule has 1 fully saturated rings.